The van der Waals surface area contributed by atoms with Crippen LogP contribution in [-0.2, 0) is 19.1 Å². The summed E-state index contributed by atoms with van der Waals surface area (Å²) in [5, 5.41) is 13.4. The van der Waals surface area contributed by atoms with E-state index in [0.29, 0.717) is 11.3 Å². The van der Waals surface area contributed by atoms with Crippen LogP contribution in [0.5, 0.6) is 0 Å². The fourth-order valence-corrected chi connectivity index (χ4v) is 2.30. The summed E-state index contributed by atoms with van der Waals surface area (Å²) < 4.78 is 4.97. The van der Waals surface area contributed by atoms with Gasteiger partial charge in [-0.05, 0) is 6.07 Å². The van der Waals surface area contributed by atoms with Crippen molar-refractivity contribution in [2.75, 3.05) is 38.3 Å². The molecule has 0 fully saturated rings. The number of amides is 3. The van der Waals surface area contributed by atoms with Gasteiger partial charge in [0.25, 0.3) is 5.91 Å². The number of likely N-dealkylation sites (N-methyl/N-ethyl adjacent to an activating group) is 1. The van der Waals surface area contributed by atoms with Gasteiger partial charge in [-0.25, -0.2) is 0 Å². The van der Waals surface area contributed by atoms with Crippen LogP contribution in [0.1, 0.15) is 11.6 Å². The number of carbonyl (C=O) groups excluding carboxylic acids is 3. The van der Waals surface area contributed by atoms with E-state index in [9.17, 15) is 14.4 Å². The van der Waals surface area contributed by atoms with Crippen LogP contribution in [0.2, 0.25) is 0 Å². The summed E-state index contributed by atoms with van der Waals surface area (Å²) >= 11 is 0. The first kappa shape index (κ1) is 16.9. The molecule has 0 saturated heterocycles. The van der Waals surface area contributed by atoms with E-state index in [2.05, 4.69) is 10.6 Å². The summed E-state index contributed by atoms with van der Waals surface area (Å²) in [5.41, 5.74) is 1.37. The Bertz CT molecular complexity index is 605. The Morgan fingerprint density at radius 1 is 1.26 bits per heavy atom. The largest absolute Gasteiger partial charge is 0.394 e. The van der Waals surface area contributed by atoms with Crippen molar-refractivity contribution in [2.45, 2.75) is 6.04 Å². The molecule has 8 nitrogen and oxygen atoms in total. The third-order valence-corrected chi connectivity index (χ3v) is 3.44. The number of nitrogens with zero attached hydrogens (tertiary/aromatic N) is 1. The highest BCUT2D eigenvalue weighted by atomic mass is 16.5. The topological polar surface area (TPSA) is 108 Å². The minimum Gasteiger partial charge on any atom is -0.394 e. The van der Waals surface area contributed by atoms with Crippen molar-refractivity contribution in [1.82, 2.24) is 10.6 Å². The van der Waals surface area contributed by atoms with Gasteiger partial charge in [0.05, 0.1) is 19.8 Å². The molecule has 3 amide bonds. The number of benzene rings is 1. The van der Waals surface area contributed by atoms with E-state index in [4.69, 9.17) is 9.84 Å². The first-order valence-electron chi connectivity index (χ1n) is 7.20. The van der Waals surface area contributed by atoms with Crippen LogP contribution >= 0.6 is 0 Å². The third kappa shape index (κ3) is 3.85. The Balaban J connectivity index is 1.90. The van der Waals surface area contributed by atoms with Crippen molar-refractivity contribution in [3.63, 3.8) is 0 Å². The van der Waals surface area contributed by atoms with E-state index in [-0.39, 0.29) is 32.3 Å². The molecular weight excluding hydrogens is 302 g/mol. The predicted molar refractivity (Wildman–Crippen MR) is 81.7 cm³/mol. The highest BCUT2D eigenvalue weighted by Gasteiger charge is 2.36. The van der Waals surface area contributed by atoms with Gasteiger partial charge in [0, 0.05) is 24.8 Å². The molecule has 0 radical (unpaired) electrons. The predicted octanol–water partition coefficient (Wildman–Crippen LogP) is -1.05. The first-order valence-corrected chi connectivity index (χ1v) is 7.20. The van der Waals surface area contributed by atoms with E-state index >= 15 is 0 Å². The van der Waals surface area contributed by atoms with Crippen LogP contribution in [0, 0.1) is 0 Å². The second-order valence-electron chi connectivity index (χ2n) is 4.95. The maximum absolute atomic E-state index is 12.2. The number of fused-ring (bicyclic) bond motifs is 1. The van der Waals surface area contributed by atoms with Gasteiger partial charge < -0.3 is 25.4 Å². The molecule has 23 heavy (non-hydrogen) atoms. The molecule has 8 heteroatoms. The highest BCUT2D eigenvalue weighted by Crippen LogP contribution is 2.34. The zero-order valence-electron chi connectivity index (χ0n) is 12.7. The number of rotatable bonds is 6. The Labute approximate surface area is 133 Å². The van der Waals surface area contributed by atoms with Gasteiger partial charge in [0.15, 0.2) is 0 Å². The molecule has 0 saturated carbocycles. The minimum atomic E-state index is -0.879. The fraction of sp³-hybridized carbons (Fsp3) is 0.400. The van der Waals surface area contributed by atoms with Crippen molar-refractivity contribution in [2.24, 2.45) is 0 Å². The van der Waals surface area contributed by atoms with Crippen LogP contribution in [0.3, 0.4) is 0 Å². The second-order valence-corrected chi connectivity index (χ2v) is 4.95. The Hall–Kier alpha value is -2.45. The van der Waals surface area contributed by atoms with Crippen LogP contribution in [-0.4, -0.2) is 56.2 Å². The van der Waals surface area contributed by atoms with Crippen LogP contribution < -0.4 is 15.5 Å². The highest BCUT2D eigenvalue weighted by molar-refractivity contribution is 6.35. The molecule has 0 unspecified atom stereocenters. The smallest absolute Gasteiger partial charge is 0.310 e. The molecule has 2 rings (SSSR count). The quantitative estimate of drug-likeness (QED) is 0.457. The Morgan fingerprint density at radius 3 is 2.74 bits per heavy atom. The van der Waals surface area contributed by atoms with Gasteiger partial charge in [0.1, 0.15) is 6.04 Å². The van der Waals surface area contributed by atoms with Gasteiger partial charge >= 0.3 is 11.8 Å². The molecule has 1 heterocycles. The summed E-state index contributed by atoms with van der Waals surface area (Å²) in [6.07, 6.45) is 0. The molecule has 1 aliphatic rings. The molecule has 0 bridgehead atoms. The summed E-state index contributed by atoms with van der Waals surface area (Å²) in [5.74, 6) is -2.01. The van der Waals surface area contributed by atoms with Gasteiger partial charge in [-0.3, -0.25) is 14.4 Å². The molecule has 1 aromatic carbocycles. The van der Waals surface area contributed by atoms with E-state index < -0.39 is 17.9 Å². The Morgan fingerprint density at radius 2 is 2.00 bits per heavy atom. The van der Waals surface area contributed by atoms with E-state index in [1.165, 1.54) is 4.90 Å². The maximum Gasteiger partial charge on any atom is 0.310 e. The van der Waals surface area contributed by atoms with Crippen molar-refractivity contribution in [3.05, 3.63) is 29.8 Å². The number of para-hydroxylation sites is 1. The fourth-order valence-electron chi connectivity index (χ4n) is 2.30. The van der Waals surface area contributed by atoms with Crippen molar-refractivity contribution >= 4 is 23.4 Å². The zero-order chi connectivity index (χ0) is 16.8. The van der Waals surface area contributed by atoms with E-state index in [0.717, 1.165) is 0 Å². The number of ether oxygens (including phenoxy) is 1. The number of carbonyl (C=O) groups is 3. The van der Waals surface area contributed by atoms with Crippen molar-refractivity contribution in [3.8, 4) is 0 Å². The summed E-state index contributed by atoms with van der Waals surface area (Å²) in [4.78, 5) is 37.3. The maximum atomic E-state index is 12.2. The van der Waals surface area contributed by atoms with Gasteiger partial charge in [-0.15, -0.1) is 0 Å². The van der Waals surface area contributed by atoms with E-state index in [1.807, 2.05) is 0 Å². The lowest BCUT2D eigenvalue weighted by molar-refractivity contribution is -0.140. The molecule has 124 valence electrons. The van der Waals surface area contributed by atoms with Crippen molar-refractivity contribution < 1.29 is 24.2 Å². The monoisotopic (exact) mass is 321 g/mol. The molecule has 1 aliphatic heterocycles. The number of hydrogen-bond donors (Lipinski definition) is 3. The standard InChI is InChI=1S/C15H19N3O5/c1-18-11-5-3-2-4-10(11)12(15(18)22)17-14(21)13(20)16-6-8-23-9-7-19/h2-5,12,19H,6-9H2,1H3,(H,16,20)(H,17,21)/t12-/m0/s1. The average molecular weight is 321 g/mol. The Kier molecular flexibility index (Phi) is 5.67. The van der Waals surface area contributed by atoms with Crippen LogP contribution in [0.4, 0.5) is 5.69 Å². The van der Waals surface area contributed by atoms with Crippen molar-refractivity contribution in [1.29, 1.82) is 0 Å². The number of nitrogens with one attached hydrogen (secondary N) is 2. The summed E-state index contributed by atoms with van der Waals surface area (Å²) in [6.45, 7) is 0.391. The average Bonchev–Trinajstić information content (AvgIpc) is 2.80. The number of aliphatic hydroxyl groups is 1. The molecule has 1 atom stereocenters. The van der Waals surface area contributed by atoms with E-state index in [1.54, 1.807) is 31.3 Å². The number of aliphatic hydroxyl groups excluding tert-OH is 1. The summed E-state index contributed by atoms with van der Waals surface area (Å²) in [7, 11) is 1.62. The van der Waals surface area contributed by atoms with Crippen LogP contribution in [0.15, 0.2) is 24.3 Å². The first-order chi connectivity index (χ1) is 11.1. The summed E-state index contributed by atoms with van der Waals surface area (Å²) in [6, 6.07) is 6.22. The molecular formula is C15H19N3O5. The second kappa shape index (κ2) is 7.70. The SMILES string of the molecule is CN1C(=O)[C@@H](NC(=O)C(=O)NCCOCCO)c2ccccc21. The van der Waals surface area contributed by atoms with Crippen LogP contribution in [0.25, 0.3) is 0 Å². The molecule has 1 aromatic rings. The minimum absolute atomic E-state index is 0.106. The third-order valence-electron chi connectivity index (χ3n) is 3.44. The molecule has 0 aromatic heterocycles. The number of anilines is 1. The molecule has 0 aliphatic carbocycles. The lowest BCUT2D eigenvalue weighted by Crippen LogP contribution is -2.44. The molecule has 3 N–H and O–H groups in total. The van der Waals surface area contributed by atoms with Gasteiger partial charge in [-0.1, -0.05) is 18.2 Å². The zero-order valence-corrected chi connectivity index (χ0v) is 12.7. The lowest BCUT2D eigenvalue weighted by Gasteiger charge is -2.13. The van der Waals surface area contributed by atoms with Gasteiger partial charge in [0.2, 0.25) is 0 Å². The lowest BCUT2D eigenvalue weighted by atomic mass is 10.1. The normalized spacial score (nSPS) is 16.2. The number of hydrogen-bond acceptors (Lipinski definition) is 5. The van der Waals surface area contributed by atoms with Gasteiger partial charge in [-0.2, -0.15) is 0 Å². The molecule has 0 spiro atoms.